The number of ketones is 1. The van der Waals surface area contributed by atoms with E-state index in [-0.39, 0.29) is 23.2 Å². The number of nitrogens with zero attached hydrogens (tertiary/aromatic N) is 3. The van der Waals surface area contributed by atoms with Gasteiger partial charge in [-0.25, -0.2) is 4.68 Å². The van der Waals surface area contributed by atoms with Crippen molar-refractivity contribution in [2.24, 2.45) is 11.3 Å². The molecule has 1 N–H and O–H groups in total. The van der Waals surface area contributed by atoms with E-state index in [0.29, 0.717) is 24.1 Å². The first-order valence-electron chi connectivity index (χ1n) is 9.17. The topological polar surface area (TPSA) is 69.0 Å². The molecule has 2 aliphatic rings. The van der Waals surface area contributed by atoms with E-state index < -0.39 is 0 Å². The van der Waals surface area contributed by atoms with Crippen LogP contribution in [0.25, 0.3) is 0 Å². The summed E-state index contributed by atoms with van der Waals surface area (Å²) in [5.74, 6) is 1.47. The molecule has 6 nitrogen and oxygen atoms in total. The third kappa shape index (κ3) is 3.25. The third-order valence-electron chi connectivity index (χ3n) is 5.02. The van der Waals surface area contributed by atoms with Gasteiger partial charge in [0.2, 0.25) is 11.1 Å². The number of allylic oxidation sites excluding steroid dienone is 2. The van der Waals surface area contributed by atoms with Crippen molar-refractivity contribution >= 4 is 23.5 Å². The Morgan fingerprint density at radius 3 is 2.74 bits per heavy atom. The molecule has 4 rings (SSSR count). The van der Waals surface area contributed by atoms with Crippen LogP contribution in [0.5, 0.6) is 5.75 Å². The van der Waals surface area contributed by atoms with Crippen LogP contribution in [0.2, 0.25) is 0 Å². The van der Waals surface area contributed by atoms with E-state index in [0.717, 1.165) is 17.0 Å². The molecule has 2 heterocycles. The minimum atomic E-state index is -0.278. The maximum Gasteiger partial charge on any atom is 0.227 e. The van der Waals surface area contributed by atoms with E-state index in [1.807, 2.05) is 42.1 Å². The first-order chi connectivity index (χ1) is 12.9. The van der Waals surface area contributed by atoms with Gasteiger partial charge < -0.3 is 10.1 Å². The van der Waals surface area contributed by atoms with Gasteiger partial charge in [0.15, 0.2) is 0 Å². The average molecular weight is 385 g/mol. The van der Waals surface area contributed by atoms with Gasteiger partial charge in [-0.2, -0.15) is 4.98 Å². The summed E-state index contributed by atoms with van der Waals surface area (Å²) in [6.07, 6.45) is 4.65. The maximum absolute atomic E-state index is 13.1. The van der Waals surface area contributed by atoms with Crippen LogP contribution < -0.4 is 10.1 Å². The van der Waals surface area contributed by atoms with Crippen LogP contribution in [0.3, 0.4) is 0 Å². The summed E-state index contributed by atoms with van der Waals surface area (Å²) in [5, 5.41) is 8.70. The molecule has 0 unspecified atom stereocenters. The largest absolute Gasteiger partial charge is 0.494 e. The summed E-state index contributed by atoms with van der Waals surface area (Å²) >= 11 is 1.50. The molecule has 2 aromatic rings. The summed E-state index contributed by atoms with van der Waals surface area (Å²) in [5.41, 5.74) is 1.80. The number of ether oxygens (including phenoxy) is 1. The Balaban J connectivity index is 1.84. The fraction of sp³-hybridized carbons (Fsp3) is 0.450. The molecule has 0 spiro atoms. The lowest BCUT2D eigenvalue weighted by atomic mass is 9.72. The van der Waals surface area contributed by atoms with Crippen LogP contribution in [0.15, 0.2) is 41.2 Å². The Labute approximate surface area is 163 Å². The van der Waals surface area contributed by atoms with Crippen molar-refractivity contribution in [3.05, 3.63) is 41.6 Å². The highest BCUT2D eigenvalue weighted by molar-refractivity contribution is 7.98. The first-order valence-corrected chi connectivity index (χ1v) is 10.4. The molecule has 0 amide bonds. The van der Waals surface area contributed by atoms with Crippen LogP contribution in [-0.2, 0) is 4.79 Å². The van der Waals surface area contributed by atoms with Crippen LogP contribution >= 0.6 is 11.8 Å². The number of rotatable bonds is 4. The van der Waals surface area contributed by atoms with Gasteiger partial charge in [0, 0.05) is 12.1 Å². The van der Waals surface area contributed by atoms with E-state index in [4.69, 9.17) is 4.74 Å². The summed E-state index contributed by atoms with van der Waals surface area (Å²) < 4.78 is 7.43. The summed E-state index contributed by atoms with van der Waals surface area (Å²) in [7, 11) is 0. The maximum atomic E-state index is 13.1. The van der Waals surface area contributed by atoms with Crippen molar-refractivity contribution in [3.63, 3.8) is 0 Å². The number of carbonyl (C=O) groups excluding carboxylic acids is 1. The number of hydrogen-bond acceptors (Lipinski definition) is 6. The van der Waals surface area contributed by atoms with Gasteiger partial charge in [0.1, 0.15) is 11.5 Å². The fourth-order valence-electron chi connectivity index (χ4n) is 3.96. The van der Waals surface area contributed by atoms with Gasteiger partial charge in [0.05, 0.1) is 18.6 Å². The van der Waals surface area contributed by atoms with Gasteiger partial charge in [-0.1, -0.05) is 43.8 Å². The van der Waals surface area contributed by atoms with Crippen molar-refractivity contribution in [1.29, 1.82) is 0 Å². The zero-order valence-corrected chi connectivity index (χ0v) is 16.8. The molecule has 1 aliphatic heterocycles. The van der Waals surface area contributed by atoms with Crippen molar-refractivity contribution in [2.45, 2.75) is 38.4 Å². The third-order valence-corrected chi connectivity index (χ3v) is 5.56. The molecule has 7 heteroatoms. The summed E-state index contributed by atoms with van der Waals surface area (Å²) in [4.78, 5) is 17.7. The van der Waals surface area contributed by atoms with Gasteiger partial charge in [-0.15, -0.1) is 5.10 Å². The number of anilines is 1. The second kappa shape index (κ2) is 6.71. The lowest BCUT2D eigenvalue weighted by Gasteiger charge is -2.40. The zero-order chi connectivity index (χ0) is 19.2. The summed E-state index contributed by atoms with van der Waals surface area (Å²) in [6.45, 7) is 6.77. The van der Waals surface area contributed by atoms with Crippen LogP contribution in [0.4, 0.5) is 5.95 Å². The van der Waals surface area contributed by atoms with E-state index in [1.165, 1.54) is 11.8 Å². The number of nitrogens with one attached hydrogen (secondary N) is 1. The number of thioether (sulfide) groups is 1. The number of hydrogen-bond donors (Lipinski definition) is 1. The predicted molar refractivity (Wildman–Crippen MR) is 106 cm³/mol. The molecule has 1 aromatic heterocycles. The Bertz CT molecular complexity index is 901. The number of fused-ring (bicyclic) bond motifs is 2. The van der Waals surface area contributed by atoms with E-state index >= 15 is 0 Å². The zero-order valence-electron chi connectivity index (χ0n) is 16.0. The second-order valence-electron chi connectivity index (χ2n) is 7.65. The van der Waals surface area contributed by atoms with Gasteiger partial charge in [-0.05, 0) is 36.3 Å². The minimum Gasteiger partial charge on any atom is -0.494 e. The molecule has 27 heavy (non-hydrogen) atoms. The van der Waals surface area contributed by atoms with Crippen molar-refractivity contribution in [1.82, 2.24) is 14.8 Å². The summed E-state index contributed by atoms with van der Waals surface area (Å²) in [6, 6.07) is 7.74. The van der Waals surface area contributed by atoms with E-state index in [2.05, 4.69) is 35.3 Å². The molecule has 142 valence electrons. The number of carbonyl (C=O) groups is 1. The molecular formula is C20H24N4O2S. The molecular weight excluding hydrogens is 360 g/mol. The Hall–Kier alpha value is -2.28. The quantitative estimate of drug-likeness (QED) is 0.806. The highest BCUT2D eigenvalue weighted by Crippen LogP contribution is 2.45. The van der Waals surface area contributed by atoms with Crippen LogP contribution in [0.1, 0.15) is 38.8 Å². The van der Waals surface area contributed by atoms with Crippen molar-refractivity contribution in [3.8, 4) is 5.75 Å². The van der Waals surface area contributed by atoms with E-state index in [9.17, 15) is 4.79 Å². The van der Waals surface area contributed by atoms with Gasteiger partial charge in [-0.3, -0.25) is 4.79 Å². The van der Waals surface area contributed by atoms with Crippen LogP contribution in [0, 0.1) is 11.3 Å². The smallest absolute Gasteiger partial charge is 0.227 e. The second-order valence-corrected chi connectivity index (χ2v) is 8.42. The Kier molecular flexibility index (Phi) is 4.50. The van der Waals surface area contributed by atoms with Gasteiger partial charge in [0.25, 0.3) is 0 Å². The first kappa shape index (κ1) is 18.1. The number of Topliss-reactive ketones (excluding diaryl/α,β-unsaturated/α-hetero) is 1. The Morgan fingerprint density at radius 1 is 1.33 bits per heavy atom. The van der Waals surface area contributed by atoms with E-state index in [1.54, 1.807) is 0 Å². The normalized spacial score (nSPS) is 23.1. The SMILES string of the molecule is CCOc1ccc([C@@H]2[C@H]3C(=O)CC(C)(C)C=C3Nc3nc(SC)nn32)cc1. The fourth-order valence-corrected chi connectivity index (χ4v) is 4.30. The molecule has 0 radical (unpaired) electrons. The van der Waals surface area contributed by atoms with Gasteiger partial charge >= 0.3 is 0 Å². The molecule has 0 saturated carbocycles. The molecule has 1 aromatic carbocycles. The molecule has 1 aliphatic carbocycles. The highest BCUT2D eigenvalue weighted by Gasteiger charge is 2.45. The number of benzene rings is 1. The Morgan fingerprint density at radius 2 is 2.07 bits per heavy atom. The van der Waals surface area contributed by atoms with Crippen LogP contribution in [-0.4, -0.2) is 33.4 Å². The molecule has 0 saturated heterocycles. The lowest BCUT2D eigenvalue weighted by Crippen LogP contribution is -2.42. The van der Waals surface area contributed by atoms with Crippen molar-refractivity contribution in [2.75, 3.05) is 18.2 Å². The average Bonchev–Trinajstić information content (AvgIpc) is 3.02. The minimum absolute atomic E-state index is 0.163. The molecule has 2 atom stereocenters. The highest BCUT2D eigenvalue weighted by atomic mass is 32.2. The standard InChI is InChI=1S/C20H24N4O2S/c1-5-26-13-8-6-12(7-9-13)17-16-14(10-20(2,3)11-15(16)25)21-18-22-19(27-4)23-24(17)18/h6-10,16-17H,5,11H2,1-4H3,(H,21,22,23)/t16-,17-/m1/s1. The number of aromatic nitrogens is 3. The predicted octanol–water partition coefficient (Wildman–Crippen LogP) is 3.91. The lowest BCUT2D eigenvalue weighted by molar-refractivity contribution is -0.125. The monoisotopic (exact) mass is 384 g/mol. The molecule has 0 fully saturated rings. The van der Waals surface area contributed by atoms with Crippen molar-refractivity contribution < 1.29 is 9.53 Å². The molecule has 0 bridgehead atoms.